The van der Waals surface area contributed by atoms with Gasteiger partial charge in [-0.25, -0.2) is 0 Å². The van der Waals surface area contributed by atoms with Gasteiger partial charge in [0.15, 0.2) is 0 Å². The molecule has 2 N–H and O–H groups in total. The summed E-state index contributed by atoms with van der Waals surface area (Å²) >= 11 is 0. The van der Waals surface area contributed by atoms with Crippen LogP contribution in [-0.2, 0) is 4.79 Å². The average molecular weight is 265 g/mol. The molecule has 0 radical (unpaired) electrons. The zero-order chi connectivity index (χ0) is 13.7. The van der Waals surface area contributed by atoms with Crippen molar-refractivity contribution < 1.29 is 9.21 Å². The van der Waals surface area contributed by atoms with Crippen molar-refractivity contribution in [2.24, 2.45) is 0 Å². The Morgan fingerprint density at radius 2 is 2.26 bits per heavy atom. The normalized spacial score (nSPS) is 19.3. The molecule has 5 heteroatoms. The van der Waals surface area contributed by atoms with Gasteiger partial charge in [0.05, 0.1) is 19.1 Å². The van der Waals surface area contributed by atoms with E-state index >= 15 is 0 Å². The number of piperidine rings is 1. The summed E-state index contributed by atoms with van der Waals surface area (Å²) in [5.74, 6) is 0.0955. The average Bonchev–Trinajstić information content (AvgIpc) is 2.95. The topological polar surface area (TPSA) is 57.5 Å². The second kappa shape index (κ2) is 6.73. The summed E-state index contributed by atoms with van der Waals surface area (Å²) in [4.78, 5) is 13.5. The Morgan fingerprint density at radius 1 is 1.53 bits per heavy atom. The van der Waals surface area contributed by atoms with Crippen LogP contribution in [0.4, 0.5) is 0 Å². The molecule has 0 aliphatic carbocycles. The number of hydrogen-bond acceptors (Lipinski definition) is 4. The van der Waals surface area contributed by atoms with Gasteiger partial charge in [0.25, 0.3) is 0 Å². The van der Waals surface area contributed by atoms with E-state index in [0.717, 1.165) is 25.9 Å². The van der Waals surface area contributed by atoms with E-state index in [4.69, 9.17) is 4.42 Å². The van der Waals surface area contributed by atoms with Crippen LogP contribution in [-0.4, -0.2) is 43.5 Å². The molecule has 1 amide bonds. The van der Waals surface area contributed by atoms with Crippen molar-refractivity contribution in [3.05, 3.63) is 24.2 Å². The smallest absolute Gasteiger partial charge is 0.233 e. The molecule has 0 bridgehead atoms. The standard InChI is InChI=1S/C14H23N3O2/c1-11(12-5-8-19-10-12)16-13-3-6-17(7-4-13)9-14(18)15-2/h5,8,10-11,13,16H,3-4,6-7,9H2,1-2H3,(H,15,18). The number of hydrogen-bond donors (Lipinski definition) is 2. The molecule has 0 aromatic carbocycles. The molecule has 1 aliphatic rings. The zero-order valence-corrected chi connectivity index (χ0v) is 11.7. The SMILES string of the molecule is CNC(=O)CN1CCC(NC(C)c2ccoc2)CC1. The quantitative estimate of drug-likeness (QED) is 0.838. The lowest BCUT2D eigenvalue weighted by molar-refractivity contribution is -0.122. The highest BCUT2D eigenvalue weighted by Gasteiger charge is 2.22. The van der Waals surface area contributed by atoms with Crippen LogP contribution in [0.15, 0.2) is 23.0 Å². The molecule has 1 aromatic rings. The third-order valence-corrected chi connectivity index (χ3v) is 3.76. The fraction of sp³-hybridized carbons (Fsp3) is 0.643. The number of nitrogens with one attached hydrogen (secondary N) is 2. The summed E-state index contributed by atoms with van der Waals surface area (Å²) in [5.41, 5.74) is 1.19. The van der Waals surface area contributed by atoms with E-state index in [2.05, 4.69) is 22.5 Å². The highest BCUT2D eigenvalue weighted by molar-refractivity contribution is 5.77. The predicted octanol–water partition coefficient (Wildman–Crippen LogP) is 1.14. The van der Waals surface area contributed by atoms with Crippen molar-refractivity contribution in [2.45, 2.75) is 31.8 Å². The first-order chi connectivity index (χ1) is 9.19. The van der Waals surface area contributed by atoms with Crippen molar-refractivity contribution in [3.8, 4) is 0 Å². The van der Waals surface area contributed by atoms with E-state index in [1.807, 2.05) is 6.07 Å². The Kier molecular flexibility index (Phi) is 4.99. The van der Waals surface area contributed by atoms with E-state index in [-0.39, 0.29) is 5.91 Å². The van der Waals surface area contributed by atoms with E-state index < -0.39 is 0 Å². The molecule has 1 saturated heterocycles. The number of nitrogens with zero attached hydrogens (tertiary/aromatic N) is 1. The second-order valence-corrected chi connectivity index (χ2v) is 5.17. The Morgan fingerprint density at radius 3 is 2.84 bits per heavy atom. The van der Waals surface area contributed by atoms with Gasteiger partial charge in [-0.15, -0.1) is 0 Å². The van der Waals surface area contributed by atoms with Crippen molar-refractivity contribution in [1.29, 1.82) is 0 Å². The molecule has 2 heterocycles. The van der Waals surface area contributed by atoms with Crippen molar-refractivity contribution in [2.75, 3.05) is 26.7 Å². The number of rotatable bonds is 5. The molecule has 1 fully saturated rings. The van der Waals surface area contributed by atoms with Gasteiger partial charge in [-0.3, -0.25) is 9.69 Å². The first kappa shape index (κ1) is 14.1. The maximum atomic E-state index is 11.3. The van der Waals surface area contributed by atoms with Crippen molar-refractivity contribution >= 4 is 5.91 Å². The number of carbonyl (C=O) groups excluding carboxylic acids is 1. The lowest BCUT2D eigenvalue weighted by Crippen LogP contribution is -2.46. The zero-order valence-electron chi connectivity index (χ0n) is 11.7. The Bertz CT molecular complexity index is 383. The fourth-order valence-electron chi connectivity index (χ4n) is 2.51. The molecule has 19 heavy (non-hydrogen) atoms. The number of likely N-dealkylation sites (tertiary alicyclic amines) is 1. The van der Waals surface area contributed by atoms with E-state index in [0.29, 0.717) is 18.6 Å². The van der Waals surface area contributed by atoms with Gasteiger partial charge in [0.1, 0.15) is 0 Å². The summed E-state index contributed by atoms with van der Waals surface area (Å²) in [6.45, 7) is 4.62. The van der Waals surface area contributed by atoms with Crippen LogP contribution in [0.25, 0.3) is 0 Å². The van der Waals surface area contributed by atoms with Crippen LogP contribution >= 0.6 is 0 Å². The van der Waals surface area contributed by atoms with Crippen LogP contribution < -0.4 is 10.6 Å². The molecule has 2 rings (SSSR count). The summed E-state index contributed by atoms with van der Waals surface area (Å²) in [5, 5.41) is 6.29. The van der Waals surface area contributed by atoms with Gasteiger partial charge >= 0.3 is 0 Å². The van der Waals surface area contributed by atoms with Crippen LogP contribution in [0, 0.1) is 0 Å². The third-order valence-electron chi connectivity index (χ3n) is 3.76. The second-order valence-electron chi connectivity index (χ2n) is 5.17. The van der Waals surface area contributed by atoms with Crippen LogP contribution in [0.1, 0.15) is 31.4 Å². The number of likely N-dealkylation sites (N-methyl/N-ethyl adjacent to an activating group) is 1. The summed E-state index contributed by atoms with van der Waals surface area (Å²) in [7, 11) is 1.68. The highest BCUT2D eigenvalue weighted by Crippen LogP contribution is 2.17. The molecule has 1 aromatic heterocycles. The van der Waals surface area contributed by atoms with Crippen LogP contribution in [0.3, 0.4) is 0 Å². The fourth-order valence-corrected chi connectivity index (χ4v) is 2.51. The predicted molar refractivity (Wildman–Crippen MR) is 73.8 cm³/mol. The molecule has 0 saturated carbocycles. The minimum atomic E-state index is 0.0955. The molecule has 1 unspecified atom stereocenters. The summed E-state index contributed by atoms with van der Waals surface area (Å²) in [6.07, 6.45) is 5.66. The van der Waals surface area contributed by atoms with Gasteiger partial charge in [0, 0.05) is 37.8 Å². The van der Waals surface area contributed by atoms with Gasteiger partial charge in [-0.2, -0.15) is 0 Å². The van der Waals surface area contributed by atoms with Gasteiger partial charge in [-0.05, 0) is 25.8 Å². The van der Waals surface area contributed by atoms with Gasteiger partial charge < -0.3 is 15.1 Å². The van der Waals surface area contributed by atoms with Crippen LogP contribution in [0.2, 0.25) is 0 Å². The van der Waals surface area contributed by atoms with Gasteiger partial charge in [-0.1, -0.05) is 0 Å². The first-order valence-corrected chi connectivity index (χ1v) is 6.90. The summed E-state index contributed by atoms with van der Waals surface area (Å²) in [6, 6.07) is 2.83. The monoisotopic (exact) mass is 265 g/mol. The largest absolute Gasteiger partial charge is 0.472 e. The van der Waals surface area contributed by atoms with E-state index in [1.54, 1.807) is 19.6 Å². The Labute approximate surface area is 114 Å². The lowest BCUT2D eigenvalue weighted by Gasteiger charge is -2.33. The lowest BCUT2D eigenvalue weighted by atomic mass is 10.0. The number of furan rings is 1. The first-order valence-electron chi connectivity index (χ1n) is 6.90. The maximum absolute atomic E-state index is 11.3. The molecular formula is C14H23N3O2. The maximum Gasteiger partial charge on any atom is 0.233 e. The molecule has 1 aliphatic heterocycles. The molecule has 5 nitrogen and oxygen atoms in total. The molecule has 1 atom stereocenters. The molecular weight excluding hydrogens is 242 g/mol. The minimum absolute atomic E-state index is 0.0955. The number of amides is 1. The highest BCUT2D eigenvalue weighted by atomic mass is 16.3. The Hall–Kier alpha value is -1.33. The number of carbonyl (C=O) groups is 1. The van der Waals surface area contributed by atoms with Crippen molar-refractivity contribution in [3.63, 3.8) is 0 Å². The minimum Gasteiger partial charge on any atom is -0.472 e. The Balaban J connectivity index is 1.73. The third kappa shape index (κ3) is 4.08. The van der Waals surface area contributed by atoms with Crippen LogP contribution in [0.5, 0.6) is 0 Å². The molecule has 0 spiro atoms. The van der Waals surface area contributed by atoms with E-state index in [1.165, 1.54) is 5.56 Å². The summed E-state index contributed by atoms with van der Waals surface area (Å²) < 4.78 is 5.11. The van der Waals surface area contributed by atoms with E-state index in [9.17, 15) is 4.79 Å². The molecule has 106 valence electrons. The van der Waals surface area contributed by atoms with Crippen molar-refractivity contribution in [1.82, 2.24) is 15.5 Å². The van der Waals surface area contributed by atoms with Gasteiger partial charge in [0.2, 0.25) is 5.91 Å².